The van der Waals surface area contributed by atoms with E-state index in [1.807, 2.05) is 13.8 Å². The monoisotopic (exact) mass is 279 g/mol. The molecule has 2 unspecified atom stereocenters. The summed E-state index contributed by atoms with van der Waals surface area (Å²) in [4.78, 5) is 11.5. The lowest BCUT2D eigenvalue weighted by Gasteiger charge is -2.15. The van der Waals surface area contributed by atoms with Gasteiger partial charge in [-0.2, -0.15) is 0 Å². The summed E-state index contributed by atoms with van der Waals surface area (Å²) in [6, 6.07) is 0. The third-order valence-corrected chi connectivity index (χ3v) is 4.93. The second kappa shape index (κ2) is 6.49. The molecule has 6 nitrogen and oxygen atoms in total. The molecule has 0 aromatic rings. The quantitative estimate of drug-likeness (QED) is 0.509. The van der Waals surface area contributed by atoms with Gasteiger partial charge in [0.15, 0.2) is 0 Å². The van der Waals surface area contributed by atoms with E-state index in [9.17, 15) is 13.2 Å². The first-order valence-corrected chi connectivity index (χ1v) is 7.66. The topological polar surface area (TPSA) is 72.9 Å². The summed E-state index contributed by atoms with van der Waals surface area (Å²) in [6.07, 6.45) is 0. The van der Waals surface area contributed by atoms with Crippen LogP contribution in [0.1, 0.15) is 13.8 Å². The van der Waals surface area contributed by atoms with Crippen LogP contribution < -0.4 is 0 Å². The van der Waals surface area contributed by atoms with E-state index < -0.39 is 10.0 Å². The average molecular weight is 279 g/mol. The minimum absolute atomic E-state index is 0.0145. The molecule has 0 aromatic heterocycles. The number of carbonyl (C=O) groups is 1. The fourth-order valence-electron chi connectivity index (χ4n) is 2.05. The van der Waals surface area contributed by atoms with Crippen molar-refractivity contribution in [1.82, 2.24) is 4.31 Å². The standard InChI is InChI=1S/C11H21NO5S/c1-4-17-5-6-18(14,15)12-7-9(2)10(8-12)11(13)16-3/h9-10H,4-8H2,1-3H3. The molecule has 106 valence electrons. The van der Waals surface area contributed by atoms with Crippen molar-refractivity contribution in [2.45, 2.75) is 13.8 Å². The zero-order chi connectivity index (χ0) is 13.8. The largest absolute Gasteiger partial charge is 0.469 e. The highest BCUT2D eigenvalue weighted by atomic mass is 32.2. The van der Waals surface area contributed by atoms with Crippen LogP contribution in [0.25, 0.3) is 0 Å². The van der Waals surface area contributed by atoms with Crippen molar-refractivity contribution in [3.63, 3.8) is 0 Å². The van der Waals surface area contributed by atoms with E-state index >= 15 is 0 Å². The lowest BCUT2D eigenvalue weighted by molar-refractivity contribution is -0.145. The minimum Gasteiger partial charge on any atom is -0.469 e. The first-order valence-electron chi connectivity index (χ1n) is 6.05. The van der Waals surface area contributed by atoms with Crippen LogP contribution >= 0.6 is 0 Å². The predicted octanol–water partition coefficient (Wildman–Crippen LogP) is 0.0936. The summed E-state index contributed by atoms with van der Waals surface area (Å²) in [5, 5.41) is 0. The molecular formula is C11H21NO5S. The lowest BCUT2D eigenvalue weighted by atomic mass is 9.99. The van der Waals surface area contributed by atoms with E-state index in [2.05, 4.69) is 4.74 Å². The molecule has 1 aliphatic heterocycles. The molecule has 1 aliphatic rings. The fourth-order valence-corrected chi connectivity index (χ4v) is 3.48. The van der Waals surface area contributed by atoms with Gasteiger partial charge < -0.3 is 9.47 Å². The Labute approximate surface area is 108 Å². The number of rotatable bonds is 6. The first kappa shape index (κ1) is 15.4. The number of carbonyl (C=O) groups excluding carboxylic acids is 1. The van der Waals surface area contributed by atoms with Gasteiger partial charge in [0.1, 0.15) is 0 Å². The minimum atomic E-state index is -3.34. The summed E-state index contributed by atoms with van der Waals surface area (Å²) in [6.45, 7) is 4.94. The Morgan fingerprint density at radius 3 is 2.61 bits per heavy atom. The van der Waals surface area contributed by atoms with Gasteiger partial charge in [0.2, 0.25) is 10.0 Å². The molecule has 0 bridgehead atoms. The molecule has 7 heteroatoms. The molecule has 0 spiro atoms. The Morgan fingerprint density at radius 2 is 2.06 bits per heavy atom. The number of sulfonamides is 1. The maximum Gasteiger partial charge on any atom is 0.310 e. The van der Waals surface area contributed by atoms with Gasteiger partial charge in [0.25, 0.3) is 0 Å². The van der Waals surface area contributed by atoms with Crippen molar-refractivity contribution in [1.29, 1.82) is 0 Å². The smallest absolute Gasteiger partial charge is 0.310 e. The molecule has 0 aromatic carbocycles. The van der Waals surface area contributed by atoms with Crippen molar-refractivity contribution < 1.29 is 22.7 Å². The Balaban J connectivity index is 2.61. The normalized spacial score (nSPS) is 25.3. The highest BCUT2D eigenvalue weighted by Gasteiger charge is 2.40. The first-order chi connectivity index (χ1) is 8.42. The fraction of sp³-hybridized carbons (Fsp3) is 0.909. The molecule has 0 N–H and O–H groups in total. The van der Waals surface area contributed by atoms with Crippen LogP contribution in [0.15, 0.2) is 0 Å². The van der Waals surface area contributed by atoms with E-state index in [0.29, 0.717) is 13.2 Å². The molecular weight excluding hydrogens is 258 g/mol. The van der Waals surface area contributed by atoms with Crippen LogP contribution in [0, 0.1) is 11.8 Å². The van der Waals surface area contributed by atoms with Gasteiger partial charge in [0, 0.05) is 19.7 Å². The van der Waals surface area contributed by atoms with Crippen LogP contribution in [0.3, 0.4) is 0 Å². The number of hydrogen-bond donors (Lipinski definition) is 0. The summed E-state index contributed by atoms with van der Waals surface area (Å²) in [7, 11) is -2.02. The number of hydrogen-bond acceptors (Lipinski definition) is 5. The third-order valence-electron chi connectivity index (χ3n) is 3.17. The maximum atomic E-state index is 12.0. The Bertz CT molecular complexity index is 381. The molecule has 0 saturated carbocycles. The highest BCUT2D eigenvalue weighted by molar-refractivity contribution is 7.89. The second-order valence-electron chi connectivity index (χ2n) is 4.44. The van der Waals surface area contributed by atoms with Crippen LogP contribution in [0.4, 0.5) is 0 Å². The molecule has 0 amide bonds. The molecule has 1 fully saturated rings. The van der Waals surface area contributed by atoms with Crippen LogP contribution in [-0.2, 0) is 24.3 Å². The van der Waals surface area contributed by atoms with E-state index in [1.54, 1.807) is 0 Å². The molecule has 1 saturated heterocycles. The summed E-state index contributed by atoms with van der Waals surface area (Å²) < 4.78 is 35.1. The van der Waals surface area contributed by atoms with Crippen molar-refractivity contribution in [3.8, 4) is 0 Å². The van der Waals surface area contributed by atoms with Crippen molar-refractivity contribution in [3.05, 3.63) is 0 Å². The van der Waals surface area contributed by atoms with E-state index in [0.717, 1.165) is 0 Å². The highest BCUT2D eigenvalue weighted by Crippen LogP contribution is 2.26. The van der Waals surface area contributed by atoms with Gasteiger partial charge in [-0.15, -0.1) is 0 Å². The molecule has 18 heavy (non-hydrogen) atoms. The van der Waals surface area contributed by atoms with E-state index in [-0.39, 0.29) is 36.7 Å². The van der Waals surface area contributed by atoms with Gasteiger partial charge in [0.05, 0.1) is 25.4 Å². The Hall–Kier alpha value is -0.660. The predicted molar refractivity (Wildman–Crippen MR) is 66.5 cm³/mol. The summed E-state index contributed by atoms with van der Waals surface area (Å²) >= 11 is 0. The van der Waals surface area contributed by atoms with Gasteiger partial charge in [-0.3, -0.25) is 4.79 Å². The van der Waals surface area contributed by atoms with Gasteiger partial charge >= 0.3 is 5.97 Å². The molecule has 0 aliphatic carbocycles. The maximum absolute atomic E-state index is 12.0. The van der Waals surface area contributed by atoms with Gasteiger partial charge in [-0.25, -0.2) is 12.7 Å². The van der Waals surface area contributed by atoms with Crippen LogP contribution in [-0.4, -0.2) is 57.9 Å². The molecule has 2 atom stereocenters. The van der Waals surface area contributed by atoms with E-state index in [1.165, 1.54) is 11.4 Å². The SMILES string of the molecule is CCOCCS(=O)(=O)N1CC(C)C(C(=O)OC)C1. The van der Waals surface area contributed by atoms with Crippen molar-refractivity contribution >= 4 is 16.0 Å². The number of esters is 1. The van der Waals surface area contributed by atoms with Crippen LogP contribution in [0.2, 0.25) is 0 Å². The number of nitrogens with zero attached hydrogens (tertiary/aromatic N) is 1. The third kappa shape index (κ3) is 3.66. The number of methoxy groups -OCH3 is 1. The van der Waals surface area contributed by atoms with Gasteiger partial charge in [-0.1, -0.05) is 6.92 Å². The van der Waals surface area contributed by atoms with Crippen molar-refractivity contribution in [2.24, 2.45) is 11.8 Å². The summed E-state index contributed by atoms with van der Waals surface area (Å²) in [5.41, 5.74) is 0. The van der Waals surface area contributed by atoms with Gasteiger partial charge in [-0.05, 0) is 12.8 Å². The van der Waals surface area contributed by atoms with Crippen molar-refractivity contribution in [2.75, 3.05) is 39.2 Å². The second-order valence-corrected chi connectivity index (χ2v) is 6.53. The zero-order valence-corrected chi connectivity index (χ0v) is 11.9. The number of ether oxygens (including phenoxy) is 2. The zero-order valence-electron chi connectivity index (χ0n) is 11.1. The summed E-state index contributed by atoms with van der Waals surface area (Å²) in [5.74, 6) is -0.761. The van der Waals surface area contributed by atoms with Crippen LogP contribution in [0.5, 0.6) is 0 Å². The molecule has 1 rings (SSSR count). The molecule has 1 heterocycles. The Kier molecular flexibility index (Phi) is 5.55. The van der Waals surface area contributed by atoms with E-state index in [4.69, 9.17) is 4.74 Å². The lowest BCUT2D eigenvalue weighted by Crippen LogP contribution is -2.33. The Morgan fingerprint density at radius 1 is 1.39 bits per heavy atom. The molecule has 0 radical (unpaired) electrons. The average Bonchev–Trinajstić information content (AvgIpc) is 2.71.